The Balaban J connectivity index is 1.42. The van der Waals surface area contributed by atoms with Crippen LogP contribution in [0.2, 0.25) is 0 Å². The van der Waals surface area contributed by atoms with Gasteiger partial charge in [0.2, 0.25) is 0 Å². The van der Waals surface area contributed by atoms with Crippen LogP contribution in [0.15, 0.2) is 53.8 Å². The summed E-state index contributed by atoms with van der Waals surface area (Å²) in [5.74, 6) is 1.19. The number of fused-ring (bicyclic) bond motifs is 1. The fourth-order valence-corrected chi connectivity index (χ4v) is 6.41. The second-order valence-electron chi connectivity index (χ2n) is 11.5. The van der Waals surface area contributed by atoms with Gasteiger partial charge in [-0.25, -0.2) is 4.79 Å². The zero-order valence-electron chi connectivity index (χ0n) is 22.6. The average Bonchev–Trinajstić information content (AvgIpc) is 3.45. The third-order valence-corrected chi connectivity index (χ3v) is 8.43. The van der Waals surface area contributed by atoms with Gasteiger partial charge < -0.3 is 9.67 Å². The van der Waals surface area contributed by atoms with Crippen LogP contribution in [0.25, 0.3) is 11.2 Å². The quantitative estimate of drug-likeness (QED) is 0.383. The maximum absolute atomic E-state index is 14.2. The minimum atomic E-state index is -4.61. The number of aliphatic hydroxyl groups is 1. The van der Waals surface area contributed by atoms with Crippen LogP contribution in [0, 0.1) is 11.8 Å². The second-order valence-corrected chi connectivity index (χ2v) is 11.5. The smallest absolute Gasteiger partial charge is 0.393 e. The van der Waals surface area contributed by atoms with E-state index in [-0.39, 0.29) is 23.5 Å². The largest absolute Gasteiger partial charge is 0.418 e. The second kappa shape index (κ2) is 10.2. The van der Waals surface area contributed by atoms with Crippen LogP contribution in [0.3, 0.4) is 0 Å². The van der Waals surface area contributed by atoms with Crippen LogP contribution in [-0.2, 0) is 19.8 Å². The van der Waals surface area contributed by atoms with Crippen LogP contribution < -0.4 is 5.69 Å². The number of hydrogen-bond acceptors (Lipinski definition) is 5. The van der Waals surface area contributed by atoms with Gasteiger partial charge in [-0.05, 0) is 73.4 Å². The van der Waals surface area contributed by atoms with Gasteiger partial charge in [0, 0.05) is 38.4 Å². The number of aryl methyl sites for hydroxylation is 1. The number of alkyl halides is 3. The summed E-state index contributed by atoms with van der Waals surface area (Å²) in [5, 5.41) is 18.3. The molecule has 212 valence electrons. The average molecular weight is 555 g/mol. The van der Waals surface area contributed by atoms with Crippen LogP contribution in [0.1, 0.15) is 61.0 Å². The Hall–Kier alpha value is -3.44. The minimum Gasteiger partial charge on any atom is -0.393 e. The number of rotatable bonds is 6. The highest BCUT2D eigenvalue weighted by Gasteiger charge is 2.38. The summed E-state index contributed by atoms with van der Waals surface area (Å²) < 4.78 is 47.0. The van der Waals surface area contributed by atoms with Gasteiger partial charge in [-0.3, -0.25) is 13.9 Å². The summed E-state index contributed by atoms with van der Waals surface area (Å²) in [6.45, 7) is 4.17. The van der Waals surface area contributed by atoms with Crippen LogP contribution in [0.5, 0.6) is 0 Å². The van der Waals surface area contributed by atoms with Gasteiger partial charge in [-0.1, -0.05) is 19.1 Å². The first-order valence-electron chi connectivity index (χ1n) is 13.8. The topological polar surface area (TPSA) is 80.6 Å². The molecule has 2 fully saturated rings. The van der Waals surface area contributed by atoms with E-state index in [1.54, 1.807) is 24.7 Å². The van der Waals surface area contributed by atoms with Gasteiger partial charge in [0.15, 0.2) is 0 Å². The highest BCUT2D eigenvalue weighted by molar-refractivity contribution is 5.58. The summed E-state index contributed by atoms with van der Waals surface area (Å²) in [6.07, 6.45) is 2.82. The molecular weight excluding hydrogens is 521 g/mol. The van der Waals surface area contributed by atoms with Gasteiger partial charge in [0.1, 0.15) is 12.2 Å². The van der Waals surface area contributed by atoms with E-state index in [0.29, 0.717) is 36.6 Å². The summed E-state index contributed by atoms with van der Waals surface area (Å²) in [5.41, 5.74) is 0.253. The van der Waals surface area contributed by atoms with Crippen molar-refractivity contribution in [3.8, 4) is 5.69 Å². The molecule has 0 radical (unpaired) electrons. The van der Waals surface area contributed by atoms with E-state index in [0.717, 1.165) is 41.7 Å². The summed E-state index contributed by atoms with van der Waals surface area (Å²) >= 11 is 0. The van der Waals surface area contributed by atoms with Gasteiger partial charge in [0.25, 0.3) is 0 Å². The van der Waals surface area contributed by atoms with E-state index in [9.17, 15) is 23.1 Å². The first-order valence-corrected chi connectivity index (χ1v) is 13.8. The molecule has 4 heterocycles. The molecule has 0 amide bonds. The summed E-state index contributed by atoms with van der Waals surface area (Å²) in [6, 6.07) is 8.45. The van der Waals surface area contributed by atoms with Crippen molar-refractivity contribution in [2.45, 2.75) is 57.3 Å². The molecule has 1 saturated carbocycles. The Labute approximate surface area is 229 Å². The third kappa shape index (κ3) is 4.96. The molecule has 4 aromatic rings. The lowest BCUT2D eigenvalue weighted by Gasteiger charge is -2.37. The van der Waals surface area contributed by atoms with Crippen molar-refractivity contribution in [2.75, 3.05) is 13.1 Å². The zero-order chi connectivity index (χ0) is 28.2. The number of aliphatic hydroxyl groups excluding tert-OH is 1. The number of likely N-dealkylation sites (tertiary alicyclic amines) is 1. The predicted octanol–water partition coefficient (Wildman–Crippen LogP) is 4.37. The van der Waals surface area contributed by atoms with E-state index in [1.165, 1.54) is 16.8 Å². The van der Waals surface area contributed by atoms with Crippen molar-refractivity contribution in [1.82, 2.24) is 28.6 Å². The van der Waals surface area contributed by atoms with Gasteiger partial charge in [0.05, 0.1) is 22.9 Å². The van der Waals surface area contributed by atoms with E-state index < -0.39 is 17.4 Å². The number of hydrogen-bond donors (Lipinski definition) is 1. The molecule has 1 aliphatic heterocycles. The number of benzene rings is 1. The molecule has 1 saturated heterocycles. The van der Waals surface area contributed by atoms with Crippen molar-refractivity contribution in [3.63, 3.8) is 0 Å². The van der Waals surface area contributed by atoms with E-state index in [2.05, 4.69) is 22.0 Å². The summed E-state index contributed by atoms with van der Waals surface area (Å²) in [4.78, 5) is 15.8. The summed E-state index contributed by atoms with van der Waals surface area (Å²) in [7, 11) is 1.85. The molecule has 8 nitrogen and oxygen atoms in total. The third-order valence-electron chi connectivity index (χ3n) is 8.43. The Morgan fingerprint density at radius 3 is 2.65 bits per heavy atom. The fourth-order valence-electron chi connectivity index (χ4n) is 6.41. The van der Waals surface area contributed by atoms with Crippen LogP contribution in [0.4, 0.5) is 13.2 Å². The van der Waals surface area contributed by atoms with E-state index in [1.807, 2.05) is 23.7 Å². The Morgan fingerprint density at radius 1 is 1.18 bits per heavy atom. The number of imidazole rings is 1. The van der Waals surface area contributed by atoms with E-state index in [4.69, 9.17) is 0 Å². The van der Waals surface area contributed by atoms with Crippen molar-refractivity contribution in [2.24, 2.45) is 18.9 Å². The monoisotopic (exact) mass is 554 g/mol. The molecule has 1 aromatic carbocycles. The molecule has 2 aliphatic rings. The van der Waals surface area contributed by atoms with Crippen LogP contribution >= 0.6 is 0 Å². The molecule has 0 bridgehead atoms. The molecule has 3 aromatic heterocycles. The fraction of sp³-hybridized carbons (Fsp3) is 0.483. The Kier molecular flexibility index (Phi) is 6.82. The van der Waals surface area contributed by atoms with Crippen molar-refractivity contribution in [1.29, 1.82) is 0 Å². The predicted molar refractivity (Wildman–Crippen MR) is 143 cm³/mol. The number of nitrogens with zero attached hydrogens (tertiary/aromatic N) is 6. The normalized spacial score (nSPS) is 22.9. The number of piperidine rings is 1. The molecule has 1 N–H and O–H groups in total. The maximum atomic E-state index is 14.2. The molecular formula is C29H33F3N6O2. The van der Waals surface area contributed by atoms with Crippen molar-refractivity contribution < 1.29 is 18.3 Å². The van der Waals surface area contributed by atoms with Crippen LogP contribution in [-0.4, -0.2) is 52.9 Å². The molecule has 2 atom stereocenters. The molecule has 6 rings (SSSR count). The van der Waals surface area contributed by atoms with E-state index >= 15 is 0 Å². The molecule has 40 heavy (non-hydrogen) atoms. The number of pyridine rings is 1. The number of aromatic nitrogens is 5. The molecule has 1 unspecified atom stereocenters. The maximum Gasteiger partial charge on any atom is 0.418 e. The lowest BCUT2D eigenvalue weighted by Crippen LogP contribution is -2.34. The highest BCUT2D eigenvalue weighted by Crippen LogP contribution is 2.43. The number of halogens is 3. The lowest BCUT2D eigenvalue weighted by molar-refractivity contribution is -0.136. The van der Waals surface area contributed by atoms with Gasteiger partial charge in [-0.2, -0.15) is 13.2 Å². The van der Waals surface area contributed by atoms with Gasteiger partial charge in [-0.15, -0.1) is 10.2 Å². The molecule has 0 spiro atoms. The Bertz CT molecular complexity index is 1580. The molecule has 1 aliphatic carbocycles. The van der Waals surface area contributed by atoms with Crippen molar-refractivity contribution in [3.05, 3.63) is 82.1 Å². The molecule has 11 heteroatoms. The zero-order valence-corrected chi connectivity index (χ0v) is 22.6. The first kappa shape index (κ1) is 26.8. The SMILES string of the molecule is C[C@H]1CCCN(Cc2cc(C(F)(F)F)c3cn(-c4cccc(C(c5nncn5C)C5CC(O)C5)c4)c(=O)n3c2)C1. The highest BCUT2D eigenvalue weighted by atomic mass is 19.4. The first-order chi connectivity index (χ1) is 19.1. The standard InChI is InChI=1S/C29H33F3N6O2/c1-18-5-4-8-36(13-18)14-19-9-24(29(30,31)32)25-16-37(28(40)38(25)15-19)22-7-3-6-20(10-22)26(21-11-23(39)12-21)27-34-33-17-35(27)2/h3,6-7,9-10,15-18,21,23,26,39H,4-5,8,11-14H2,1-2H3/t18-,21?,23?,26?/m0/s1. The minimum absolute atomic E-state index is 0.134. The Morgan fingerprint density at radius 2 is 1.98 bits per heavy atom. The lowest BCUT2D eigenvalue weighted by atomic mass is 9.71. The van der Waals surface area contributed by atoms with Crippen molar-refractivity contribution >= 4 is 5.52 Å². The van der Waals surface area contributed by atoms with Gasteiger partial charge >= 0.3 is 11.9 Å².